The summed E-state index contributed by atoms with van der Waals surface area (Å²) in [6.45, 7) is 5.96. The summed E-state index contributed by atoms with van der Waals surface area (Å²) in [5.41, 5.74) is 6.00. The van der Waals surface area contributed by atoms with Crippen LogP contribution >= 0.6 is 0 Å². The highest BCUT2D eigenvalue weighted by Gasteiger charge is 2.25. The molecule has 0 radical (unpaired) electrons. The molecule has 0 spiro atoms. The van der Waals surface area contributed by atoms with Crippen LogP contribution in [0.5, 0.6) is 0 Å². The van der Waals surface area contributed by atoms with Crippen molar-refractivity contribution >= 4 is 5.91 Å². The third-order valence-corrected chi connectivity index (χ3v) is 6.68. The number of benzene rings is 1. The van der Waals surface area contributed by atoms with Crippen LogP contribution in [0.2, 0.25) is 0 Å². The first-order valence-electron chi connectivity index (χ1n) is 11.9. The minimum absolute atomic E-state index is 0.128. The number of piperidine rings is 1. The van der Waals surface area contributed by atoms with Crippen LogP contribution in [0.4, 0.5) is 0 Å². The highest BCUT2D eigenvalue weighted by atomic mass is 16.5. The number of hydrogen-bond acceptors (Lipinski definition) is 4. The standard InChI is InChI=1S/C26H32N4O2/c1-19-5-4-6-22(15-19)30-18-21-17-29(13-11-24(21)28-30)12-2-3-14-32-23-9-7-20-8-10-26(31)27-25(20)16-23/h4-6,9,15-16,18,20H,2-3,7-8,10-14,17H2,1H3,(H,27,31). The van der Waals surface area contributed by atoms with Crippen molar-refractivity contribution in [2.45, 2.75) is 52.0 Å². The molecule has 6 heteroatoms. The number of rotatable bonds is 7. The largest absolute Gasteiger partial charge is 0.494 e. The van der Waals surface area contributed by atoms with E-state index < -0.39 is 0 Å². The maximum atomic E-state index is 11.6. The molecule has 1 aromatic carbocycles. The summed E-state index contributed by atoms with van der Waals surface area (Å²) >= 11 is 0. The van der Waals surface area contributed by atoms with E-state index in [1.54, 1.807) is 0 Å². The second-order valence-electron chi connectivity index (χ2n) is 9.19. The molecule has 1 fully saturated rings. The molecule has 2 aliphatic heterocycles. The van der Waals surface area contributed by atoms with E-state index in [1.165, 1.54) is 16.8 Å². The molecule has 0 bridgehead atoms. The van der Waals surface area contributed by atoms with Gasteiger partial charge in [-0.1, -0.05) is 12.1 Å². The van der Waals surface area contributed by atoms with Gasteiger partial charge in [0.15, 0.2) is 0 Å². The molecule has 6 nitrogen and oxygen atoms in total. The van der Waals surface area contributed by atoms with Crippen molar-refractivity contribution in [1.82, 2.24) is 20.0 Å². The lowest BCUT2D eigenvalue weighted by Gasteiger charge is -2.28. The summed E-state index contributed by atoms with van der Waals surface area (Å²) < 4.78 is 8.00. The maximum Gasteiger partial charge on any atom is 0.224 e. The van der Waals surface area contributed by atoms with Crippen molar-refractivity contribution in [3.05, 3.63) is 70.9 Å². The molecular weight excluding hydrogens is 400 g/mol. The minimum atomic E-state index is 0.128. The van der Waals surface area contributed by atoms with Gasteiger partial charge in [-0.15, -0.1) is 0 Å². The Bertz CT molecular complexity index is 1050. The fourth-order valence-corrected chi connectivity index (χ4v) is 4.85. The van der Waals surface area contributed by atoms with E-state index in [4.69, 9.17) is 9.84 Å². The molecule has 5 rings (SSSR count). The van der Waals surface area contributed by atoms with Crippen molar-refractivity contribution < 1.29 is 9.53 Å². The quantitative estimate of drug-likeness (QED) is 0.671. The first kappa shape index (κ1) is 21.0. The lowest BCUT2D eigenvalue weighted by atomic mass is 9.88. The van der Waals surface area contributed by atoms with Gasteiger partial charge in [0.25, 0.3) is 0 Å². The molecule has 1 atom stereocenters. The lowest BCUT2D eigenvalue weighted by Crippen LogP contribution is -2.33. The van der Waals surface area contributed by atoms with Crippen LogP contribution in [0.15, 0.2) is 54.1 Å². The molecule has 0 saturated carbocycles. The van der Waals surface area contributed by atoms with Crippen molar-refractivity contribution in [1.29, 1.82) is 0 Å². The molecule has 168 valence electrons. The number of carbonyl (C=O) groups is 1. The molecule has 1 aromatic heterocycles. The Kier molecular flexibility index (Phi) is 6.12. The fraction of sp³-hybridized carbons (Fsp3) is 0.462. The Labute approximate surface area is 189 Å². The molecule has 3 heterocycles. The average Bonchev–Trinajstić information content (AvgIpc) is 3.22. The third kappa shape index (κ3) is 4.80. The predicted molar refractivity (Wildman–Crippen MR) is 124 cm³/mol. The zero-order valence-electron chi connectivity index (χ0n) is 18.8. The number of unbranched alkanes of at least 4 members (excludes halogenated alkanes) is 1. The predicted octanol–water partition coefficient (Wildman–Crippen LogP) is 4.03. The van der Waals surface area contributed by atoms with Crippen LogP contribution in [-0.2, 0) is 22.5 Å². The highest BCUT2D eigenvalue weighted by molar-refractivity contribution is 5.79. The Hall–Kier alpha value is -2.86. The Balaban J connectivity index is 1.06. The Morgan fingerprint density at radius 1 is 1.25 bits per heavy atom. The number of aryl methyl sites for hydroxylation is 1. The Morgan fingerprint density at radius 2 is 2.19 bits per heavy atom. The van der Waals surface area contributed by atoms with Crippen LogP contribution < -0.4 is 5.32 Å². The number of carbonyl (C=O) groups excluding carboxylic acids is 1. The number of aromatic nitrogens is 2. The average molecular weight is 433 g/mol. The number of allylic oxidation sites excluding steroid dienone is 3. The van der Waals surface area contributed by atoms with E-state index in [9.17, 15) is 4.79 Å². The minimum Gasteiger partial charge on any atom is -0.494 e. The smallest absolute Gasteiger partial charge is 0.224 e. The van der Waals surface area contributed by atoms with Gasteiger partial charge in [0.1, 0.15) is 5.76 Å². The van der Waals surface area contributed by atoms with E-state index in [-0.39, 0.29) is 5.91 Å². The fourth-order valence-electron chi connectivity index (χ4n) is 4.85. The molecule has 1 aliphatic carbocycles. The van der Waals surface area contributed by atoms with E-state index in [0.717, 1.165) is 75.5 Å². The summed E-state index contributed by atoms with van der Waals surface area (Å²) in [5, 5.41) is 7.83. The van der Waals surface area contributed by atoms with Gasteiger partial charge in [-0.25, -0.2) is 4.68 Å². The third-order valence-electron chi connectivity index (χ3n) is 6.68. The van der Waals surface area contributed by atoms with Gasteiger partial charge in [0.2, 0.25) is 5.91 Å². The SMILES string of the molecule is Cc1cccc(-n2cc3c(n2)CCN(CCCCOC2=CCC4CCC(=O)NC4=C2)C3)c1. The summed E-state index contributed by atoms with van der Waals surface area (Å²) in [6.07, 6.45) is 12.1. The van der Waals surface area contributed by atoms with E-state index in [2.05, 4.69) is 53.7 Å². The zero-order chi connectivity index (χ0) is 21.9. The lowest BCUT2D eigenvalue weighted by molar-refractivity contribution is -0.121. The molecular formula is C26H32N4O2. The molecule has 2 aromatic rings. The molecule has 3 aliphatic rings. The van der Waals surface area contributed by atoms with E-state index in [1.807, 2.05) is 10.8 Å². The normalized spacial score (nSPS) is 20.7. The first-order valence-corrected chi connectivity index (χ1v) is 11.9. The van der Waals surface area contributed by atoms with E-state index >= 15 is 0 Å². The van der Waals surface area contributed by atoms with Crippen LogP contribution in [0.3, 0.4) is 0 Å². The number of nitrogens with zero attached hydrogens (tertiary/aromatic N) is 3. The number of hydrogen-bond donors (Lipinski definition) is 1. The first-order chi connectivity index (χ1) is 15.6. The van der Waals surface area contributed by atoms with Crippen LogP contribution in [0.25, 0.3) is 5.69 Å². The van der Waals surface area contributed by atoms with Gasteiger partial charge in [0.05, 0.1) is 18.0 Å². The topological polar surface area (TPSA) is 59.4 Å². The number of nitrogens with one attached hydrogen (secondary N) is 1. The Morgan fingerprint density at radius 3 is 3.09 bits per heavy atom. The number of amides is 1. The molecule has 1 amide bonds. The summed E-state index contributed by atoms with van der Waals surface area (Å²) in [6, 6.07) is 8.49. The number of fused-ring (bicyclic) bond motifs is 2. The molecule has 1 saturated heterocycles. The van der Waals surface area contributed by atoms with Gasteiger partial charge in [-0.2, -0.15) is 5.10 Å². The molecule has 1 N–H and O–H groups in total. The van der Waals surface area contributed by atoms with Crippen molar-refractivity contribution in [2.24, 2.45) is 5.92 Å². The van der Waals surface area contributed by atoms with Crippen LogP contribution in [0, 0.1) is 12.8 Å². The van der Waals surface area contributed by atoms with Crippen molar-refractivity contribution in [3.8, 4) is 5.69 Å². The molecule has 1 unspecified atom stereocenters. The van der Waals surface area contributed by atoms with Gasteiger partial charge in [-0.3, -0.25) is 9.69 Å². The van der Waals surface area contributed by atoms with Crippen LogP contribution in [0.1, 0.15) is 48.9 Å². The summed E-state index contributed by atoms with van der Waals surface area (Å²) in [7, 11) is 0. The highest BCUT2D eigenvalue weighted by Crippen LogP contribution is 2.29. The van der Waals surface area contributed by atoms with Crippen molar-refractivity contribution in [2.75, 3.05) is 19.7 Å². The van der Waals surface area contributed by atoms with Crippen LogP contribution in [-0.4, -0.2) is 40.3 Å². The monoisotopic (exact) mass is 432 g/mol. The number of ether oxygens (including phenoxy) is 1. The summed E-state index contributed by atoms with van der Waals surface area (Å²) in [5.74, 6) is 1.49. The van der Waals surface area contributed by atoms with Gasteiger partial charge >= 0.3 is 0 Å². The van der Waals surface area contributed by atoms with Crippen molar-refractivity contribution in [3.63, 3.8) is 0 Å². The van der Waals surface area contributed by atoms with E-state index in [0.29, 0.717) is 12.3 Å². The zero-order valence-corrected chi connectivity index (χ0v) is 18.8. The maximum absolute atomic E-state index is 11.6. The second-order valence-corrected chi connectivity index (χ2v) is 9.19. The second kappa shape index (κ2) is 9.33. The van der Waals surface area contributed by atoms with Gasteiger partial charge in [-0.05, 0) is 69.0 Å². The summed E-state index contributed by atoms with van der Waals surface area (Å²) in [4.78, 5) is 14.1. The van der Waals surface area contributed by atoms with Gasteiger partial charge in [0, 0.05) is 49.3 Å². The van der Waals surface area contributed by atoms with Gasteiger partial charge < -0.3 is 10.1 Å². The molecule has 32 heavy (non-hydrogen) atoms.